The topological polar surface area (TPSA) is 77.1 Å². The summed E-state index contributed by atoms with van der Waals surface area (Å²) in [5.41, 5.74) is 8.75. The normalized spacial score (nSPS) is 13.9. The molecule has 1 aliphatic rings. The molecular weight excluding hydrogens is 448 g/mol. The zero-order valence-electron chi connectivity index (χ0n) is 20.5. The number of ketones is 1. The van der Waals surface area contributed by atoms with Crippen molar-refractivity contribution in [2.45, 2.75) is 33.2 Å². The van der Waals surface area contributed by atoms with E-state index in [0.717, 1.165) is 58.7 Å². The Morgan fingerprint density at radius 2 is 2.00 bits per heavy atom. The van der Waals surface area contributed by atoms with Gasteiger partial charge in [-0.05, 0) is 73.8 Å². The molecule has 5 heterocycles. The third-order valence-corrected chi connectivity index (χ3v) is 6.88. The molecular formula is C29H28N6O. The van der Waals surface area contributed by atoms with Crippen LogP contribution in [0.1, 0.15) is 45.1 Å². The third kappa shape index (κ3) is 4.12. The lowest BCUT2D eigenvalue weighted by Gasteiger charge is -2.14. The van der Waals surface area contributed by atoms with Crippen LogP contribution >= 0.6 is 0 Å². The van der Waals surface area contributed by atoms with Crippen LogP contribution in [0.2, 0.25) is 0 Å². The number of benzene rings is 1. The Morgan fingerprint density at radius 3 is 2.83 bits per heavy atom. The number of pyridine rings is 2. The van der Waals surface area contributed by atoms with E-state index < -0.39 is 0 Å². The highest BCUT2D eigenvalue weighted by Crippen LogP contribution is 2.26. The molecule has 0 atom stereocenters. The zero-order chi connectivity index (χ0) is 24.6. The lowest BCUT2D eigenvalue weighted by Crippen LogP contribution is -2.20. The first-order valence-electron chi connectivity index (χ1n) is 12.3. The average molecular weight is 477 g/mol. The number of aryl methyl sites for hydroxylation is 2. The number of aromatic nitrogens is 5. The van der Waals surface area contributed by atoms with Gasteiger partial charge in [0.1, 0.15) is 11.3 Å². The quantitative estimate of drug-likeness (QED) is 0.364. The highest BCUT2D eigenvalue weighted by Gasteiger charge is 2.18. The Labute approximate surface area is 209 Å². The molecule has 1 aliphatic heterocycles. The van der Waals surface area contributed by atoms with Crippen LogP contribution in [-0.2, 0) is 13.0 Å². The van der Waals surface area contributed by atoms with E-state index in [-0.39, 0.29) is 5.78 Å². The van der Waals surface area contributed by atoms with Crippen LogP contribution in [0.4, 0.5) is 0 Å². The minimum absolute atomic E-state index is 0.0383. The van der Waals surface area contributed by atoms with E-state index in [0.29, 0.717) is 18.7 Å². The number of rotatable bonds is 6. The van der Waals surface area contributed by atoms with Crippen molar-refractivity contribution in [3.8, 4) is 0 Å². The molecule has 0 amide bonds. The Bertz CT molecular complexity index is 1640. The maximum Gasteiger partial charge on any atom is 0.185 e. The predicted molar refractivity (Wildman–Crippen MR) is 141 cm³/mol. The second kappa shape index (κ2) is 9.17. The summed E-state index contributed by atoms with van der Waals surface area (Å²) in [5, 5.41) is 9.17. The van der Waals surface area contributed by atoms with Gasteiger partial charge in [0, 0.05) is 30.2 Å². The second-order valence-corrected chi connectivity index (χ2v) is 9.40. The monoisotopic (exact) mass is 476 g/mol. The molecule has 180 valence electrons. The van der Waals surface area contributed by atoms with E-state index in [2.05, 4.69) is 39.6 Å². The van der Waals surface area contributed by atoms with Gasteiger partial charge in [0.25, 0.3) is 0 Å². The van der Waals surface area contributed by atoms with Crippen molar-refractivity contribution in [3.63, 3.8) is 0 Å². The van der Waals surface area contributed by atoms with Crippen molar-refractivity contribution in [2.24, 2.45) is 0 Å². The molecule has 0 bridgehead atoms. The first kappa shape index (κ1) is 22.4. The Kier molecular flexibility index (Phi) is 5.70. The number of carbonyl (C=O) groups is 1. The summed E-state index contributed by atoms with van der Waals surface area (Å²) in [5.74, 6) is 0.0383. The van der Waals surface area contributed by atoms with Crippen molar-refractivity contribution >= 4 is 27.9 Å². The number of nitrogens with zero attached hydrogens (tertiary/aromatic N) is 5. The Hall–Kier alpha value is -4.10. The SMILES string of the molecule is Cc1cccc(Cn2nc(C)c3c(CC(=O)c4cnc5cc(C6=CCNCC6)ccn45)cccc32)n1. The summed E-state index contributed by atoms with van der Waals surface area (Å²) >= 11 is 0. The predicted octanol–water partition coefficient (Wildman–Crippen LogP) is 4.55. The molecule has 36 heavy (non-hydrogen) atoms. The standard InChI is InChI=1S/C29H28N6O/c1-19-5-3-7-24(32-19)18-35-25-8-4-6-23(29(25)20(2)33-35)15-27(36)26-17-31-28-16-22(11-14-34(26)28)21-9-12-30-13-10-21/h3-9,11,14,16-17,30H,10,12-13,15,18H2,1-2H3. The van der Waals surface area contributed by atoms with Crippen molar-refractivity contribution in [3.05, 3.63) is 101 Å². The smallest absolute Gasteiger partial charge is 0.185 e. The number of Topliss-reactive ketones (excluding diaryl/α,β-unsaturated/α-hetero) is 1. The number of nitrogens with one attached hydrogen (secondary N) is 1. The van der Waals surface area contributed by atoms with Crippen LogP contribution in [0.5, 0.6) is 0 Å². The van der Waals surface area contributed by atoms with Gasteiger partial charge in [0.2, 0.25) is 0 Å². The van der Waals surface area contributed by atoms with E-state index in [4.69, 9.17) is 5.10 Å². The fourth-order valence-corrected chi connectivity index (χ4v) is 5.15. The minimum atomic E-state index is 0.0383. The lowest BCUT2D eigenvalue weighted by molar-refractivity contribution is 0.0987. The Morgan fingerprint density at radius 1 is 1.11 bits per heavy atom. The molecule has 0 spiro atoms. The van der Waals surface area contributed by atoms with E-state index in [1.54, 1.807) is 6.20 Å². The van der Waals surface area contributed by atoms with Gasteiger partial charge >= 0.3 is 0 Å². The van der Waals surface area contributed by atoms with Crippen molar-refractivity contribution in [1.82, 2.24) is 29.5 Å². The van der Waals surface area contributed by atoms with Gasteiger partial charge in [-0.3, -0.25) is 18.9 Å². The molecule has 7 heteroatoms. The molecule has 0 saturated heterocycles. The molecule has 7 nitrogen and oxygen atoms in total. The number of carbonyl (C=O) groups excluding carboxylic acids is 1. The highest BCUT2D eigenvalue weighted by molar-refractivity contribution is 5.99. The van der Waals surface area contributed by atoms with Crippen molar-refractivity contribution in [2.75, 3.05) is 13.1 Å². The molecule has 0 unspecified atom stereocenters. The number of hydrogen-bond acceptors (Lipinski definition) is 5. The van der Waals surface area contributed by atoms with Crippen LogP contribution in [0, 0.1) is 13.8 Å². The van der Waals surface area contributed by atoms with Gasteiger partial charge in [0.15, 0.2) is 5.78 Å². The van der Waals surface area contributed by atoms with E-state index >= 15 is 0 Å². The summed E-state index contributed by atoms with van der Waals surface area (Å²) < 4.78 is 3.87. The largest absolute Gasteiger partial charge is 0.313 e. The maximum atomic E-state index is 13.4. The summed E-state index contributed by atoms with van der Waals surface area (Å²) in [4.78, 5) is 22.6. The van der Waals surface area contributed by atoms with Gasteiger partial charge in [-0.1, -0.05) is 24.3 Å². The molecule has 0 aliphatic carbocycles. The fourth-order valence-electron chi connectivity index (χ4n) is 5.15. The first-order chi connectivity index (χ1) is 17.6. The van der Waals surface area contributed by atoms with Gasteiger partial charge in [-0.15, -0.1) is 0 Å². The first-order valence-corrected chi connectivity index (χ1v) is 12.3. The second-order valence-electron chi connectivity index (χ2n) is 9.40. The van der Waals surface area contributed by atoms with E-state index in [9.17, 15) is 4.79 Å². The summed E-state index contributed by atoms with van der Waals surface area (Å²) in [7, 11) is 0. The van der Waals surface area contributed by atoms with Gasteiger partial charge in [-0.25, -0.2) is 4.98 Å². The molecule has 0 radical (unpaired) electrons. The fraction of sp³-hybridized carbons (Fsp3) is 0.241. The summed E-state index contributed by atoms with van der Waals surface area (Å²) in [6, 6.07) is 16.3. The minimum Gasteiger partial charge on any atom is -0.313 e. The van der Waals surface area contributed by atoms with Crippen LogP contribution in [0.3, 0.4) is 0 Å². The van der Waals surface area contributed by atoms with E-state index in [1.165, 1.54) is 11.1 Å². The van der Waals surface area contributed by atoms with E-state index in [1.807, 2.05) is 59.5 Å². The molecule has 1 aromatic carbocycles. The van der Waals surface area contributed by atoms with Crippen molar-refractivity contribution in [1.29, 1.82) is 0 Å². The highest BCUT2D eigenvalue weighted by atomic mass is 16.1. The number of fused-ring (bicyclic) bond motifs is 2. The Balaban J connectivity index is 1.30. The van der Waals surface area contributed by atoms with Gasteiger partial charge in [0.05, 0.1) is 29.6 Å². The summed E-state index contributed by atoms with van der Waals surface area (Å²) in [6.45, 7) is 6.46. The van der Waals surface area contributed by atoms with Crippen molar-refractivity contribution < 1.29 is 4.79 Å². The average Bonchev–Trinajstić information content (AvgIpc) is 3.46. The zero-order valence-corrected chi connectivity index (χ0v) is 20.5. The van der Waals surface area contributed by atoms with Gasteiger partial charge in [-0.2, -0.15) is 5.10 Å². The van der Waals surface area contributed by atoms with Crippen LogP contribution in [0.25, 0.3) is 22.1 Å². The molecule has 1 N–H and O–H groups in total. The van der Waals surface area contributed by atoms with Crippen LogP contribution in [-0.4, -0.2) is 43.0 Å². The molecule has 0 fully saturated rings. The number of hydrogen-bond donors (Lipinski definition) is 1. The molecule has 4 aromatic heterocycles. The summed E-state index contributed by atoms with van der Waals surface area (Å²) in [6.07, 6.45) is 7.17. The molecule has 6 rings (SSSR count). The molecule has 0 saturated carbocycles. The van der Waals surface area contributed by atoms with Crippen LogP contribution < -0.4 is 5.32 Å². The molecule has 5 aromatic rings. The third-order valence-electron chi connectivity index (χ3n) is 6.88. The maximum absolute atomic E-state index is 13.4. The number of imidazole rings is 1. The lowest BCUT2D eigenvalue weighted by atomic mass is 10.0. The van der Waals surface area contributed by atoms with Crippen LogP contribution in [0.15, 0.2) is 67.0 Å². The van der Waals surface area contributed by atoms with Gasteiger partial charge < -0.3 is 5.32 Å².